The van der Waals surface area contributed by atoms with Gasteiger partial charge in [0.1, 0.15) is 5.84 Å². The summed E-state index contributed by atoms with van der Waals surface area (Å²) in [6.07, 6.45) is 2.77. The van der Waals surface area contributed by atoms with E-state index in [0.29, 0.717) is 5.84 Å². The fourth-order valence-corrected chi connectivity index (χ4v) is 1.73. The lowest BCUT2D eigenvalue weighted by Crippen LogP contribution is -2.31. The fourth-order valence-electron chi connectivity index (χ4n) is 1.73. The van der Waals surface area contributed by atoms with E-state index < -0.39 is 0 Å². The molecule has 4 heteroatoms. The zero-order valence-electron chi connectivity index (χ0n) is 9.85. The number of nitrogens with one attached hydrogen (secondary N) is 1. The summed E-state index contributed by atoms with van der Waals surface area (Å²) in [7, 11) is 0. The molecule has 0 saturated heterocycles. The Morgan fingerprint density at radius 3 is 2.94 bits per heavy atom. The van der Waals surface area contributed by atoms with Crippen LogP contribution in [0.15, 0.2) is 41.5 Å². The molecule has 3 N–H and O–H groups in total. The molecule has 2 aromatic rings. The van der Waals surface area contributed by atoms with Crippen molar-refractivity contribution in [2.24, 2.45) is 10.8 Å². The lowest BCUT2D eigenvalue weighted by molar-refractivity contribution is 0.908. The third kappa shape index (κ3) is 2.42. The van der Waals surface area contributed by atoms with Crippen LogP contribution in [-0.2, 0) is 0 Å². The highest BCUT2D eigenvalue weighted by Gasteiger charge is 2.06. The number of aromatic nitrogens is 1. The average molecular weight is 228 g/mol. The van der Waals surface area contributed by atoms with Gasteiger partial charge in [-0.2, -0.15) is 0 Å². The highest BCUT2D eigenvalue weighted by atomic mass is 15.2. The first kappa shape index (κ1) is 11.5. The van der Waals surface area contributed by atoms with E-state index in [9.17, 15) is 0 Å². The number of rotatable bonds is 3. The molecule has 88 valence electrons. The Morgan fingerprint density at radius 2 is 2.18 bits per heavy atom. The van der Waals surface area contributed by atoms with E-state index in [2.05, 4.69) is 22.3 Å². The highest BCUT2D eigenvalue weighted by Crippen LogP contribution is 2.15. The van der Waals surface area contributed by atoms with Crippen LogP contribution in [0.5, 0.6) is 0 Å². The van der Waals surface area contributed by atoms with Gasteiger partial charge in [0.25, 0.3) is 0 Å². The summed E-state index contributed by atoms with van der Waals surface area (Å²) in [4.78, 5) is 8.80. The highest BCUT2D eigenvalue weighted by molar-refractivity contribution is 6.08. The van der Waals surface area contributed by atoms with Crippen LogP contribution >= 0.6 is 0 Å². The van der Waals surface area contributed by atoms with Gasteiger partial charge < -0.3 is 5.43 Å². The minimum atomic E-state index is 0.691. The molecule has 0 aliphatic heterocycles. The fraction of sp³-hybridized carbons (Fsp3) is 0.231. The third-order valence-corrected chi connectivity index (χ3v) is 2.52. The molecule has 17 heavy (non-hydrogen) atoms. The molecule has 0 aliphatic carbocycles. The normalized spacial score (nSPS) is 11.8. The maximum Gasteiger partial charge on any atom is 0.144 e. The molecule has 4 nitrogen and oxygen atoms in total. The third-order valence-electron chi connectivity index (χ3n) is 2.52. The van der Waals surface area contributed by atoms with Crippen LogP contribution in [0.1, 0.15) is 18.9 Å². The number of pyridine rings is 1. The van der Waals surface area contributed by atoms with Crippen molar-refractivity contribution in [3.05, 3.63) is 42.1 Å². The lowest BCUT2D eigenvalue weighted by Gasteiger charge is -2.08. The van der Waals surface area contributed by atoms with E-state index in [1.54, 1.807) is 6.20 Å². The first-order valence-corrected chi connectivity index (χ1v) is 5.72. The Balaban J connectivity index is 2.53. The summed E-state index contributed by atoms with van der Waals surface area (Å²) in [6.45, 7) is 2.84. The molecule has 0 saturated carbocycles. The first-order valence-electron chi connectivity index (χ1n) is 5.72. The molecule has 1 aromatic carbocycles. The van der Waals surface area contributed by atoms with Crippen molar-refractivity contribution in [1.82, 2.24) is 10.4 Å². The van der Waals surface area contributed by atoms with Gasteiger partial charge in [-0.1, -0.05) is 25.1 Å². The number of nitrogens with two attached hydrogens (primary N) is 1. The van der Waals surface area contributed by atoms with Crippen molar-refractivity contribution < 1.29 is 0 Å². The quantitative estimate of drug-likeness (QED) is 0.365. The topological polar surface area (TPSA) is 63.3 Å². The number of nitrogens with zero attached hydrogens (tertiary/aromatic N) is 2. The smallest absolute Gasteiger partial charge is 0.144 e. The monoisotopic (exact) mass is 228 g/mol. The van der Waals surface area contributed by atoms with Gasteiger partial charge in [0, 0.05) is 23.7 Å². The molecule has 2 rings (SSSR count). The maximum absolute atomic E-state index is 5.53. The first-order chi connectivity index (χ1) is 8.36. The molecule has 0 radical (unpaired) electrons. The number of hydrogen-bond acceptors (Lipinski definition) is 3. The zero-order valence-corrected chi connectivity index (χ0v) is 9.85. The van der Waals surface area contributed by atoms with Gasteiger partial charge in [-0.05, 0) is 18.6 Å². The van der Waals surface area contributed by atoms with E-state index in [1.165, 1.54) is 0 Å². The predicted octanol–water partition coefficient (Wildman–Crippen LogP) is 1.85. The average Bonchev–Trinajstić information content (AvgIpc) is 2.40. The lowest BCUT2D eigenvalue weighted by atomic mass is 10.1. The maximum atomic E-state index is 5.53. The predicted molar refractivity (Wildman–Crippen MR) is 70.8 cm³/mol. The standard InChI is InChI=1S/C13H16N4/c1-2-8-16-13(17-14)11-7-3-5-10-6-4-9-15-12(10)11/h3-7,9H,2,8,14H2,1H3,(H,16,17). The Bertz CT molecular complexity index is 528. The zero-order chi connectivity index (χ0) is 12.1. The Hall–Kier alpha value is -1.94. The van der Waals surface area contributed by atoms with Gasteiger partial charge >= 0.3 is 0 Å². The van der Waals surface area contributed by atoms with E-state index in [4.69, 9.17) is 5.84 Å². The second-order valence-electron chi connectivity index (χ2n) is 3.76. The molecule has 0 fully saturated rings. The van der Waals surface area contributed by atoms with Crippen LogP contribution in [0.25, 0.3) is 10.9 Å². The number of fused-ring (bicyclic) bond motifs is 1. The number of amidine groups is 1. The van der Waals surface area contributed by atoms with Crippen molar-refractivity contribution in [2.45, 2.75) is 13.3 Å². The Labute approximate surface area is 101 Å². The van der Waals surface area contributed by atoms with Crippen molar-refractivity contribution in [3.8, 4) is 0 Å². The number of benzene rings is 1. The molecule has 1 heterocycles. The van der Waals surface area contributed by atoms with Crippen LogP contribution in [0, 0.1) is 0 Å². The van der Waals surface area contributed by atoms with Crippen molar-refractivity contribution in [2.75, 3.05) is 6.54 Å². The summed E-state index contributed by atoms with van der Waals surface area (Å²) >= 11 is 0. The summed E-state index contributed by atoms with van der Waals surface area (Å²) in [5.74, 6) is 6.22. The molecule has 0 unspecified atom stereocenters. The number of aliphatic imine (C=N–C) groups is 1. The molecule has 1 aromatic heterocycles. The summed E-state index contributed by atoms with van der Waals surface area (Å²) in [5, 5.41) is 1.09. The SMILES string of the molecule is CCCN=C(NN)c1cccc2cccnc12. The van der Waals surface area contributed by atoms with E-state index in [1.807, 2.05) is 30.3 Å². The van der Waals surface area contributed by atoms with Crippen LogP contribution < -0.4 is 11.3 Å². The van der Waals surface area contributed by atoms with Crippen molar-refractivity contribution in [3.63, 3.8) is 0 Å². The number of hydrogen-bond donors (Lipinski definition) is 2. The second-order valence-corrected chi connectivity index (χ2v) is 3.76. The largest absolute Gasteiger partial charge is 0.308 e. The van der Waals surface area contributed by atoms with Crippen LogP contribution in [-0.4, -0.2) is 17.4 Å². The Morgan fingerprint density at radius 1 is 1.35 bits per heavy atom. The number of hydrazine groups is 1. The Kier molecular flexibility index (Phi) is 3.67. The van der Waals surface area contributed by atoms with E-state index in [0.717, 1.165) is 29.4 Å². The summed E-state index contributed by atoms with van der Waals surface area (Å²) < 4.78 is 0. The molecule has 0 atom stereocenters. The molecular formula is C13H16N4. The van der Waals surface area contributed by atoms with E-state index in [-0.39, 0.29) is 0 Å². The second kappa shape index (κ2) is 5.41. The molecule has 0 bridgehead atoms. The summed E-state index contributed by atoms with van der Waals surface area (Å²) in [5.41, 5.74) is 4.52. The van der Waals surface area contributed by atoms with Gasteiger partial charge in [-0.3, -0.25) is 9.98 Å². The van der Waals surface area contributed by atoms with Gasteiger partial charge in [0.2, 0.25) is 0 Å². The molecule has 0 spiro atoms. The molecule has 0 aliphatic rings. The van der Waals surface area contributed by atoms with Gasteiger partial charge in [-0.15, -0.1) is 0 Å². The van der Waals surface area contributed by atoms with E-state index >= 15 is 0 Å². The minimum Gasteiger partial charge on any atom is -0.308 e. The minimum absolute atomic E-state index is 0.691. The molecule has 0 amide bonds. The van der Waals surface area contributed by atoms with Gasteiger partial charge in [0.05, 0.1) is 5.52 Å². The van der Waals surface area contributed by atoms with Gasteiger partial charge in [-0.25, -0.2) is 5.84 Å². The van der Waals surface area contributed by atoms with Crippen LogP contribution in [0.3, 0.4) is 0 Å². The van der Waals surface area contributed by atoms with Crippen molar-refractivity contribution >= 4 is 16.7 Å². The van der Waals surface area contributed by atoms with Gasteiger partial charge in [0.15, 0.2) is 0 Å². The van der Waals surface area contributed by atoms with Crippen molar-refractivity contribution in [1.29, 1.82) is 0 Å². The summed E-state index contributed by atoms with van der Waals surface area (Å²) in [6, 6.07) is 9.94. The van der Waals surface area contributed by atoms with Crippen LogP contribution in [0.2, 0.25) is 0 Å². The molecular weight excluding hydrogens is 212 g/mol. The van der Waals surface area contributed by atoms with Crippen LogP contribution in [0.4, 0.5) is 0 Å². The number of para-hydroxylation sites is 1.